The second kappa shape index (κ2) is 6.45. The highest BCUT2D eigenvalue weighted by Gasteiger charge is 2.13. The Morgan fingerprint density at radius 3 is 2.75 bits per heavy atom. The number of nitro benzene ring substituents is 1. The van der Waals surface area contributed by atoms with Gasteiger partial charge in [0, 0.05) is 42.1 Å². The SMILES string of the molecule is Cc1ccncc1CNCc1ccc(Cl)cc1[N+](=O)[O-]. The molecule has 1 N–H and O–H groups in total. The van der Waals surface area contributed by atoms with E-state index < -0.39 is 4.92 Å². The molecule has 20 heavy (non-hydrogen) atoms. The molecule has 0 saturated carbocycles. The zero-order chi connectivity index (χ0) is 14.5. The van der Waals surface area contributed by atoms with Crippen LogP contribution in [0.15, 0.2) is 36.7 Å². The van der Waals surface area contributed by atoms with Crippen LogP contribution >= 0.6 is 11.6 Å². The lowest BCUT2D eigenvalue weighted by atomic mass is 10.1. The van der Waals surface area contributed by atoms with E-state index in [9.17, 15) is 10.1 Å². The largest absolute Gasteiger partial charge is 0.308 e. The average molecular weight is 292 g/mol. The van der Waals surface area contributed by atoms with Gasteiger partial charge in [0.25, 0.3) is 5.69 Å². The maximum absolute atomic E-state index is 11.0. The first-order valence-corrected chi connectivity index (χ1v) is 6.49. The molecule has 1 aromatic carbocycles. The van der Waals surface area contributed by atoms with Crippen molar-refractivity contribution in [1.29, 1.82) is 0 Å². The first-order valence-electron chi connectivity index (χ1n) is 6.11. The zero-order valence-electron chi connectivity index (χ0n) is 11.0. The first-order chi connectivity index (χ1) is 9.58. The van der Waals surface area contributed by atoms with Gasteiger partial charge in [-0.1, -0.05) is 11.6 Å². The van der Waals surface area contributed by atoms with Crippen molar-refractivity contribution in [2.24, 2.45) is 0 Å². The Bertz CT molecular complexity index is 632. The van der Waals surface area contributed by atoms with E-state index in [4.69, 9.17) is 11.6 Å². The number of nitrogens with one attached hydrogen (secondary N) is 1. The van der Waals surface area contributed by atoms with Gasteiger partial charge in [0.2, 0.25) is 0 Å². The number of aryl methyl sites for hydroxylation is 1. The van der Waals surface area contributed by atoms with Gasteiger partial charge in [-0.15, -0.1) is 0 Å². The van der Waals surface area contributed by atoms with E-state index in [0.717, 1.165) is 11.1 Å². The highest BCUT2D eigenvalue weighted by molar-refractivity contribution is 6.30. The van der Waals surface area contributed by atoms with Crippen LogP contribution in [0.3, 0.4) is 0 Å². The van der Waals surface area contributed by atoms with Crippen LogP contribution < -0.4 is 5.32 Å². The summed E-state index contributed by atoms with van der Waals surface area (Å²) >= 11 is 5.78. The molecule has 2 rings (SSSR count). The summed E-state index contributed by atoms with van der Waals surface area (Å²) in [5.41, 5.74) is 2.86. The van der Waals surface area contributed by atoms with Crippen LogP contribution in [0, 0.1) is 17.0 Å². The molecule has 6 heteroatoms. The van der Waals surface area contributed by atoms with Gasteiger partial charge in [-0.05, 0) is 36.2 Å². The smallest absolute Gasteiger partial charge is 0.275 e. The summed E-state index contributed by atoms with van der Waals surface area (Å²) in [6.07, 6.45) is 3.53. The van der Waals surface area contributed by atoms with Gasteiger partial charge in [-0.3, -0.25) is 15.1 Å². The third-order valence-corrected chi connectivity index (χ3v) is 3.26. The minimum atomic E-state index is -0.418. The molecule has 1 heterocycles. The average Bonchev–Trinajstić information content (AvgIpc) is 2.42. The van der Waals surface area contributed by atoms with Gasteiger partial charge in [0.15, 0.2) is 0 Å². The monoisotopic (exact) mass is 291 g/mol. The molecule has 0 aliphatic heterocycles. The van der Waals surface area contributed by atoms with Crippen molar-refractivity contribution in [2.75, 3.05) is 0 Å². The lowest BCUT2D eigenvalue weighted by Crippen LogP contribution is -2.14. The number of hydrogen-bond donors (Lipinski definition) is 1. The van der Waals surface area contributed by atoms with Crippen LogP contribution in [-0.2, 0) is 13.1 Å². The molecule has 0 aliphatic rings. The molecule has 0 fully saturated rings. The van der Waals surface area contributed by atoms with E-state index in [-0.39, 0.29) is 5.69 Å². The molecule has 0 radical (unpaired) electrons. The highest BCUT2D eigenvalue weighted by atomic mass is 35.5. The predicted octanol–water partition coefficient (Wildman–Crippen LogP) is 3.24. The van der Waals surface area contributed by atoms with E-state index in [1.165, 1.54) is 6.07 Å². The van der Waals surface area contributed by atoms with Gasteiger partial charge in [0.05, 0.1) is 4.92 Å². The summed E-state index contributed by atoms with van der Waals surface area (Å²) in [7, 11) is 0. The molecule has 104 valence electrons. The van der Waals surface area contributed by atoms with E-state index >= 15 is 0 Å². The number of halogens is 1. The molecule has 0 aliphatic carbocycles. The topological polar surface area (TPSA) is 68.1 Å². The van der Waals surface area contributed by atoms with Crippen LogP contribution in [0.25, 0.3) is 0 Å². The summed E-state index contributed by atoms with van der Waals surface area (Å²) in [5, 5.41) is 14.5. The van der Waals surface area contributed by atoms with Crippen molar-refractivity contribution in [3.05, 3.63) is 68.5 Å². The van der Waals surface area contributed by atoms with Gasteiger partial charge in [-0.25, -0.2) is 0 Å². The van der Waals surface area contributed by atoms with Crippen LogP contribution in [0.1, 0.15) is 16.7 Å². The van der Waals surface area contributed by atoms with Gasteiger partial charge in [0.1, 0.15) is 0 Å². The number of aromatic nitrogens is 1. The highest BCUT2D eigenvalue weighted by Crippen LogP contribution is 2.23. The fourth-order valence-corrected chi connectivity index (χ4v) is 2.04. The third-order valence-electron chi connectivity index (χ3n) is 3.02. The normalized spacial score (nSPS) is 10.5. The molecule has 0 amide bonds. The van der Waals surface area contributed by atoms with E-state index in [0.29, 0.717) is 23.7 Å². The molecular formula is C14H14ClN3O2. The van der Waals surface area contributed by atoms with Crippen molar-refractivity contribution in [2.45, 2.75) is 20.0 Å². The first kappa shape index (κ1) is 14.4. The minimum Gasteiger partial charge on any atom is -0.308 e. The van der Waals surface area contributed by atoms with Gasteiger partial charge in [-0.2, -0.15) is 0 Å². The van der Waals surface area contributed by atoms with Crippen LogP contribution in [0.5, 0.6) is 0 Å². The fraction of sp³-hybridized carbons (Fsp3) is 0.214. The minimum absolute atomic E-state index is 0.0351. The number of benzene rings is 1. The zero-order valence-corrected chi connectivity index (χ0v) is 11.7. The summed E-state index contributed by atoms with van der Waals surface area (Å²) in [6.45, 7) is 3.02. The number of rotatable bonds is 5. The molecule has 2 aromatic rings. The van der Waals surface area contributed by atoms with E-state index in [1.807, 2.05) is 13.0 Å². The fourth-order valence-electron chi connectivity index (χ4n) is 1.87. The molecule has 0 atom stereocenters. The number of nitro groups is 1. The Hall–Kier alpha value is -1.98. The van der Waals surface area contributed by atoms with Crippen LogP contribution in [0.4, 0.5) is 5.69 Å². The maximum atomic E-state index is 11.0. The Balaban J connectivity index is 2.05. The van der Waals surface area contributed by atoms with Crippen molar-refractivity contribution < 1.29 is 4.92 Å². The number of nitrogens with zero attached hydrogens (tertiary/aromatic N) is 2. The molecule has 0 spiro atoms. The summed E-state index contributed by atoms with van der Waals surface area (Å²) in [4.78, 5) is 14.6. The van der Waals surface area contributed by atoms with E-state index in [2.05, 4.69) is 10.3 Å². The van der Waals surface area contributed by atoms with Gasteiger partial charge >= 0.3 is 0 Å². The Kier molecular flexibility index (Phi) is 4.65. The van der Waals surface area contributed by atoms with Crippen molar-refractivity contribution in [3.63, 3.8) is 0 Å². The standard InChI is InChI=1S/C14H14ClN3O2/c1-10-4-5-16-8-12(10)9-17-7-11-2-3-13(15)6-14(11)18(19)20/h2-6,8,17H,7,9H2,1H3. The maximum Gasteiger partial charge on any atom is 0.275 e. The van der Waals surface area contributed by atoms with Crippen molar-refractivity contribution >= 4 is 17.3 Å². The number of pyridine rings is 1. The van der Waals surface area contributed by atoms with Gasteiger partial charge < -0.3 is 5.32 Å². The Morgan fingerprint density at radius 1 is 1.30 bits per heavy atom. The third kappa shape index (κ3) is 3.53. The molecule has 0 unspecified atom stereocenters. The Labute approximate surface area is 121 Å². The lowest BCUT2D eigenvalue weighted by molar-refractivity contribution is -0.385. The second-order valence-corrected chi connectivity index (χ2v) is 4.87. The van der Waals surface area contributed by atoms with Crippen molar-refractivity contribution in [1.82, 2.24) is 10.3 Å². The second-order valence-electron chi connectivity index (χ2n) is 4.44. The quantitative estimate of drug-likeness (QED) is 0.678. The summed E-state index contributed by atoms with van der Waals surface area (Å²) < 4.78 is 0. The van der Waals surface area contributed by atoms with E-state index in [1.54, 1.807) is 24.5 Å². The summed E-state index contributed by atoms with van der Waals surface area (Å²) in [5.74, 6) is 0. The molecule has 0 saturated heterocycles. The predicted molar refractivity (Wildman–Crippen MR) is 77.6 cm³/mol. The summed E-state index contributed by atoms with van der Waals surface area (Å²) in [6, 6.07) is 6.63. The molecular weight excluding hydrogens is 278 g/mol. The Morgan fingerprint density at radius 2 is 2.05 bits per heavy atom. The molecule has 5 nitrogen and oxygen atoms in total. The number of hydrogen-bond acceptors (Lipinski definition) is 4. The van der Waals surface area contributed by atoms with Crippen LogP contribution in [0.2, 0.25) is 5.02 Å². The lowest BCUT2D eigenvalue weighted by Gasteiger charge is -2.08. The molecule has 1 aromatic heterocycles. The molecule has 0 bridgehead atoms. The van der Waals surface area contributed by atoms with Crippen LogP contribution in [-0.4, -0.2) is 9.91 Å². The van der Waals surface area contributed by atoms with Crippen molar-refractivity contribution in [3.8, 4) is 0 Å².